The van der Waals surface area contributed by atoms with Crippen molar-refractivity contribution in [3.63, 3.8) is 0 Å². The van der Waals surface area contributed by atoms with Gasteiger partial charge in [-0.3, -0.25) is 4.79 Å². The van der Waals surface area contributed by atoms with Crippen LogP contribution in [0.3, 0.4) is 0 Å². The van der Waals surface area contributed by atoms with E-state index in [1.165, 1.54) is 12.1 Å². The first kappa shape index (κ1) is 31.8. The highest BCUT2D eigenvalue weighted by Crippen LogP contribution is 2.35. The highest BCUT2D eigenvalue weighted by Gasteiger charge is 2.51. The Morgan fingerprint density at radius 2 is 1.73 bits per heavy atom. The molecule has 10 heteroatoms. The number of halogens is 1. The summed E-state index contributed by atoms with van der Waals surface area (Å²) in [6.07, 6.45) is 5.69. The molecule has 40 heavy (non-hydrogen) atoms. The maximum absolute atomic E-state index is 13.3. The van der Waals surface area contributed by atoms with Gasteiger partial charge in [0.25, 0.3) is 0 Å². The van der Waals surface area contributed by atoms with E-state index < -0.39 is 20.5 Å². The number of hydrogen-bond acceptors (Lipinski definition) is 7. The minimum absolute atomic E-state index is 0.0480. The van der Waals surface area contributed by atoms with Gasteiger partial charge in [-0.25, -0.2) is 8.42 Å². The molecule has 1 amide bonds. The molecule has 0 bridgehead atoms. The van der Waals surface area contributed by atoms with Crippen molar-refractivity contribution in [3.05, 3.63) is 59.7 Å². The SMILES string of the molecule is CCCCC/C(=N\N=C(/C)CCCOc1ccc(S(=O)(=O)C2(C(N)=O)CCOCC2)cc1)c1ccccc1CCl. The lowest BCUT2D eigenvalue weighted by molar-refractivity contribution is -0.122. The van der Waals surface area contributed by atoms with Crippen LogP contribution >= 0.6 is 11.6 Å². The quantitative estimate of drug-likeness (QED) is 0.121. The van der Waals surface area contributed by atoms with Crippen LogP contribution in [0.5, 0.6) is 5.75 Å². The van der Waals surface area contributed by atoms with Gasteiger partial charge in [-0.15, -0.1) is 11.6 Å². The molecule has 1 fully saturated rings. The van der Waals surface area contributed by atoms with Crippen molar-refractivity contribution in [2.45, 2.75) is 80.7 Å². The Bertz CT molecular complexity index is 1290. The first-order valence-electron chi connectivity index (χ1n) is 13.8. The number of amides is 1. The number of nitrogens with zero attached hydrogens (tertiary/aromatic N) is 2. The van der Waals surface area contributed by atoms with Gasteiger partial charge in [0.2, 0.25) is 5.91 Å². The first-order valence-corrected chi connectivity index (χ1v) is 15.9. The zero-order valence-electron chi connectivity index (χ0n) is 23.4. The van der Waals surface area contributed by atoms with Gasteiger partial charge in [0, 0.05) is 30.4 Å². The average Bonchev–Trinajstić information content (AvgIpc) is 2.97. The van der Waals surface area contributed by atoms with E-state index in [9.17, 15) is 13.2 Å². The van der Waals surface area contributed by atoms with E-state index in [0.717, 1.165) is 54.7 Å². The Morgan fingerprint density at radius 1 is 1.02 bits per heavy atom. The van der Waals surface area contributed by atoms with Crippen molar-refractivity contribution < 1.29 is 22.7 Å². The Hall–Kier alpha value is -2.75. The van der Waals surface area contributed by atoms with Gasteiger partial charge in [0.1, 0.15) is 5.75 Å². The van der Waals surface area contributed by atoms with E-state index >= 15 is 0 Å². The molecule has 2 aromatic carbocycles. The smallest absolute Gasteiger partial charge is 0.239 e. The minimum atomic E-state index is -3.97. The Balaban J connectivity index is 1.58. The fourth-order valence-corrected chi connectivity index (χ4v) is 6.85. The molecule has 0 unspecified atom stereocenters. The zero-order chi connectivity index (χ0) is 29.0. The monoisotopic (exact) mass is 589 g/mol. The molecule has 3 rings (SSSR count). The van der Waals surface area contributed by atoms with Crippen molar-refractivity contribution in [1.82, 2.24) is 0 Å². The predicted octanol–water partition coefficient (Wildman–Crippen LogP) is 5.84. The number of carbonyl (C=O) groups is 1. The molecule has 2 N–H and O–H groups in total. The normalized spacial score (nSPS) is 16.1. The van der Waals surface area contributed by atoms with Crippen molar-refractivity contribution in [2.24, 2.45) is 15.9 Å². The Labute approximate surface area is 242 Å². The van der Waals surface area contributed by atoms with E-state index in [1.807, 2.05) is 25.1 Å². The molecular weight excluding hydrogens is 550 g/mol. The number of hydrogen-bond donors (Lipinski definition) is 1. The number of ether oxygens (including phenoxy) is 2. The van der Waals surface area contributed by atoms with Crippen molar-refractivity contribution in [3.8, 4) is 5.75 Å². The number of carbonyl (C=O) groups excluding carboxylic acids is 1. The second-order valence-electron chi connectivity index (χ2n) is 10.0. The van der Waals surface area contributed by atoms with Gasteiger partial charge in [0.15, 0.2) is 14.6 Å². The van der Waals surface area contributed by atoms with Crippen molar-refractivity contribution in [2.75, 3.05) is 19.8 Å². The first-order chi connectivity index (χ1) is 19.2. The molecule has 0 aliphatic carbocycles. The highest BCUT2D eigenvalue weighted by atomic mass is 35.5. The summed E-state index contributed by atoms with van der Waals surface area (Å²) in [7, 11) is -3.97. The molecule has 1 saturated heterocycles. The fourth-order valence-electron chi connectivity index (χ4n) is 4.70. The number of benzene rings is 2. The second kappa shape index (κ2) is 15.3. The summed E-state index contributed by atoms with van der Waals surface area (Å²) in [5.74, 6) is 0.132. The fraction of sp³-hybridized carbons (Fsp3) is 0.500. The number of sulfone groups is 1. The minimum Gasteiger partial charge on any atom is -0.494 e. The molecule has 1 heterocycles. The van der Waals surface area contributed by atoms with E-state index in [2.05, 4.69) is 23.2 Å². The summed E-state index contributed by atoms with van der Waals surface area (Å²) >= 11 is 6.16. The average molecular weight is 590 g/mol. The second-order valence-corrected chi connectivity index (χ2v) is 12.6. The number of unbranched alkanes of at least 4 members (excludes halogenated alkanes) is 2. The highest BCUT2D eigenvalue weighted by molar-refractivity contribution is 7.93. The van der Waals surface area contributed by atoms with Crippen molar-refractivity contribution in [1.29, 1.82) is 0 Å². The van der Waals surface area contributed by atoms with Gasteiger partial charge in [0.05, 0.1) is 17.2 Å². The van der Waals surface area contributed by atoms with Crippen LogP contribution in [0.25, 0.3) is 0 Å². The Morgan fingerprint density at radius 3 is 2.38 bits per heavy atom. The maximum Gasteiger partial charge on any atom is 0.239 e. The summed E-state index contributed by atoms with van der Waals surface area (Å²) in [5.41, 5.74) is 9.50. The summed E-state index contributed by atoms with van der Waals surface area (Å²) in [4.78, 5) is 12.2. The molecule has 1 aliphatic heterocycles. The van der Waals surface area contributed by atoms with Gasteiger partial charge < -0.3 is 15.2 Å². The lowest BCUT2D eigenvalue weighted by Gasteiger charge is -2.33. The van der Waals surface area contributed by atoms with Gasteiger partial charge in [-0.05, 0) is 75.3 Å². The van der Waals surface area contributed by atoms with Crippen LogP contribution in [0, 0.1) is 0 Å². The molecule has 0 spiro atoms. The van der Waals surface area contributed by atoms with Crippen LogP contribution in [0.1, 0.15) is 76.3 Å². The number of nitrogens with two attached hydrogens (primary N) is 1. The molecule has 1 aliphatic rings. The molecule has 0 aromatic heterocycles. The molecule has 8 nitrogen and oxygen atoms in total. The topological polar surface area (TPSA) is 120 Å². The third-order valence-electron chi connectivity index (χ3n) is 7.18. The van der Waals surface area contributed by atoms with E-state index in [-0.39, 0.29) is 31.0 Å². The van der Waals surface area contributed by atoms with Crippen LogP contribution < -0.4 is 10.5 Å². The van der Waals surface area contributed by atoms with Crippen LogP contribution in [0.2, 0.25) is 0 Å². The van der Waals surface area contributed by atoms with E-state index in [4.69, 9.17) is 26.8 Å². The summed E-state index contributed by atoms with van der Waals surface area (Å²) in [6.45, 7) is 4.92. The molecule has 218 valence electrons. The summed E-state index contributed by atoms with van der Waals surface area (Å²) in [6, 6.07) is 14.2. The zero-order valence-corrected chi connectivity index (χ0v) is 25.0. The number of alkyl halides is 1. The number of primary amides is 1. The van der Waals surface area contributed by atoms with Gasteiger partial charge >= 0.3 is 0 Å². The molecule has 2 aromatic rings. The summed E-state index contributed by atoms with van der Waals surface area (Å²) in [5, 5.41) is 9.10. The van der Waals surface area contributed by atoms with Crippen LogP contribution in [0.15, 0.2) is 63.6 Å². The Kier molecular flexibility index (Phi) is 12.2. The van der Waals surface area contributed by atoms with Crippen LogP contribution in [-0.2, 0) is 25.2 Å². The third kappa shape index (κ3) is 7.92. The lowest BCUT2D eigenvalue weighted by atomic mass is 9.98. The lowest BCUT2D eigenvalue weighted by Crippen LogP contribution is -2.53. The third-order valence-corrected chi connectivity index (χ3v) is 10.00. The predicted molar refractivity (Wildman–Crippen MR) is 160 cm³/mol. The van der Waals surface area contributed by atoms with Crippen molar-refractivity contribution >= 4 is 38.8 Å². The standard InChI is InChI=1S/C30H40ClN3O5S/c1-3-4-5-12-28(27-11-7-6-10-24(27)22-31)34-33-23(2)9-8-19-39-25-13-15-26(16-14-25)40(36,37)30(29(32)35)17-20-38-21-18-30/h6-7,10-11,13-16H,3-5,8-9,12,17-22H2,1-2H3,(H2,32,35)/b33-23+,34-28+. The maximum atomic E-state index is 13.3. The largest absolute Gasteiger partial charge is 0.494 e. The summed E-state index contributed by atoms with van der Waals surface area (Å²) < 4.78 is 36.0. The molecular formula is C30H40ClN3O5S. The molecule has 0 atom stereocenters. The van der Waals surface area contributed by atoms with E-state index in [0.29, 0.717) is 24.7 Å². The van der Waals surface area contributed by atoms with Crippen LogP contribution in [-0.4, -0.2) is 50.3 Å². The van der Waals surface area contributed by atoms with E-state index in [1.54, 1.807) is 12.1 Å². The molecule has 0 radical (unpaired) electrons. The molecule has 0 saturated carbocycles. The number of rotatable bonds is 15. The van der Waals surface area contributed by atoms with Gasteiger partial charge in [-0.1, -0.05) is 44.0 Å². The van der Waals surface area contributed by atoms with Crippen LogP contribution in [0.4, 0.5) is 0 Å². The van der Waals surface area contributed by atoms with Gasteiger partial charge in [-0.2, -0.15) is 10.2 Å².